The molecule has 5 rings (SSSR count). The van der Waals surface area contributed by atoms with Gasteiger partial charge < -0.3 is 25.2 Å². The Morgan fingerprint density at radius 1 is 1.20 bits per heavy atom. The van der Waals surface area contributed by atoms with E-state index in [-0.39, 0.29) is 43.5 Å². The van der Waals surface area contributed by atoms with E-state index in [1.54, 1.807) is 4.52 Å². The number of benzene rings is 1. The number of aromatic nitrogens is 5. The maximum absolute atomic E-state index is 12.8. The smallest absolute Gasteiger partial charge is 0.238 e. The number of amides is 1. The lowest BCUT2D eigenvalue weighted by Crippen LogP contribution is -2.37. The summed E-state index contributed by atoms with van der Waals surface area (Å²) >= 11 is 1.42. The lowest BCUT2D eigenvalue weighted by atomic mass is 10.1. The number of aliphatic hydroxyl groups excluding tert-OH is 1. The molecular formula is C28H36N8O4S. The fraction of sp³-hybridized carbons (Fsp3) is 0.429. The lowest BCUT2D eigenvalue weighted by Gasteiger charge is -2.28. The first-order valence-electron chi connectivity index (χ1n) is 13.5. The summed E-state index contributed by atoms with van der Waals surface area (Å²) in [7, 11) is 0. The minimum absolute atomic E-state index is 0.0522. The number of nitrogens with one attached hydrogen (secondary N) is 3. The molecule has 0 spiro atoms. The molecule has 1 fully saturated rings. The van der Waals surface area contributed by atoms with Gasteiger partial charge in [-0.3, -0.25) is 14.8 Å². The molecule has 1 aliphatic rings. The number of hydrogen-bond donors (Lipinski definition) is 4. The summed E-state index contributed by atoms with van der Waals surface area (Å²) in [5.74, 6) is 1.22. The van der Waals surface area contributed by atoms with Crippen LogP contribution < -0.4 is 10.6 Å². The number of nitrogens with zero attached hydrogens (tertiary/aromatic N) is 5. The Bertz CT molecular complexity index is 1470. The monoisotopic (exact) mass is 580 g/mol. The second-order valence-electron chi connectivity index (χ2n) is 10.9. The maximum Gasteiger partial charge on any atom is 0.238 e. The van der Waals surface area contributed by atoms with Crippen molar-refractivity contribution in [2.75, 3.05) is 43.5 Å². The largest absolute Gasteiger partial charge is 0.394 e. The molecule has 13 heteroatoms. The van der Waals surface area contributed by atoms with Crippen LogP contribution in [0.1, 0.15) is 26.5 Å². The van der Waals surface area contributed by atoms with Crippen molar-refractivity contribution >= 4 is 40.5 Å². The van der Waals surface area contributed by atoms with Crippen LogP contribution in [0.5, 0.6) is 0 Å². The Morgan fingerprint density at radius 2 is 1.98 bits per heavy atom. The van der Waals surface area contributed by atoms with Gasteiger partial charge in [0.15, 0.2) is 11.6 Å². The van der Waals surface area contributed by atoms with Gasteiger partial charge in [0.25, 0.3) is 0 Å². The summed E-state index contributed by atoms with van der Waals surface area (Å²) in [6.45, 7) is 9.48. The van der Waals surface area contributed by atoms with Gasteiger partial charge in [0.05, 0.1) is 37.6 Å². The van der Waals surface area contributed by atoms with Crippen molar-refractivity contribution in [3.63, 3.8) is 0 Å². The fourth-order valence-electron chi connectivity index (χ4n) is 4.65. The molecule has 41 heavy (non-hydrogen) atoms. The van der Waals surface area contributed by atoms with E-state index >= 15 is 0 Å². The van der Waals surface area contributed by atoms with Gasteiger partial charge in [-0.25, -0.2) is 9.50 Å². The molecule has 0 saturated carbocycles. The molecule has 0 bridgehead atoms. The van der Waals surface area contributed by atoms with Gasteiger partial charge in [0.1, 0.15) is 5.52 Å². The van der Waals surface area contributed by atoms with E-state index in [1.165, 1.54) is 11.8 Å². The highest BCUT2D eigenvalue weighted by molar-refractivity contribution is 7.99. The van der Waals surface area contributed by atoms with Gasteiger partial charge in [-0.2, -0.15) is 5.10 Å². The van der Waals surface area contributed by atoms with E-state index in [2.05, 4.69) is 25.9 Å². The van der Waals surface area contributed by atoms with E-state index in [1.807, 2.05) is 81.3 Å². The number of aryl methyl sites for hydroxylation is 1. The Hall–Kier alpha value is -3.49. The zero-order valence-electron chi connectivity index (χ0n) is 23.6. The summed E-state index contributed by atoms with van der Waals surface area (Å²) in [6.07, 6.45) is 1.51. The standard InChI is InChI=1S/C28H36N8O4S/c1-18-14-24(33-32-18)30-26-21-6-5-11-36(21)34-27(31-26)41-20-9-7-19(8-10-20)29-25(38)17-35-15-22(39-13-12-37)23(16-35)40-28(2,3)4/h5-11,14,22-23,37H,12-13,15-17H2,1-4H3,(H,29,38)(H2,30,31,32,33,34)/t22-,23-/m0/s1. The van der Waals surface area contributed by atoms with Crippen molar-refractivity contribution < 1.29 is 19.4 Å². The van der Waals surface area contributed by atoms with Crippen LogP contribution in [-0.2, 0) is 14.3 Å². The van der Waals surface area contributed by atoms with Gasteiger partial charge in [-0.1, -0.05) is 0 Å². The third-order valence-corrected chi connectivity index (χ3v) is 7.12. The lowest BCUT2D eigenvalue weighted by molar-refractivity contribution is -0.117. The molecular weight excluding hydrogens is 544 g/mol. The molecule has 4 aromatic rings. The first-order chi connectivity index (χ1) is 19.6. The van der Waals surface area contributed by atoms with Gasteiger partial charge >= 0.3 is 0 Å². The van der Waals surface area contributed by atoms with Gasteiger partial charge in [0.2, 0.25) is 11.1 Å². The topological polar surface area (TPSA) is 142 Å². The van der Waals surface area contributed by atoms with Crippen molar-refractivity contribution in [2.24, 2.45) is 0 Å². The number of likely N-dealkylation sites (tertiary alicyclic amines) is 1. The van der Waals surface area contributed by atoms with E-state index in [4.69, 9.17) is 19.6 Å². The van der Waals surface area contributed by atoms with E-state index in [9.17, 15) is 4.79 Å². The van der Waals surface area contributed by atoms with Crippen molar-refractivity contribution in [1.29, 1.82) is 0 Å². The third-order valence-electron chi connectivity index (χ3n) is 6.26. The number of H-pyrrole nitrogens is 1. The van der Waals surface area contributed by atoms with E-state index in [0.717, 1.165) is 16.1 Å². The number of carbonyl (C=O) groups is 1. The number of ether oxygens (including phenoxy) is 2. The molecule has 218 valence electrons. The molecule has 2 atom stereocenters. The molecule has 1 aliphatic heterocycles. The molecule has 0 unspecified atom stereocenters. The molecule has 3 aromatic heterocycles. The zero-order valence-corrected chi connectivity index (χ0v) is 24.4. The highest BCUT2D eigenvalue weighted by Gasteiger charge is 2.37. The molecule has 12 nitrogen and oxygen atoms in total. The van der Waals surface area contributed by atoms with E-state index < -0.39 is 0 Å². The molecule has 0 radical (unpaired) electrons. The minimum Gasteiger partial charge on any atom is -0.394 e. The van der Waals surface area contributed by atoms with Gasteiger partial charge in [-0.05, 0) is 75.9 Å². The summed E-state index contributed by atoms with van der Waals surface area (Å²) < 4.78 is 13.7. The molecule has 1 amide bonds. The maximum atomic E-state index is 12.8. The van der Waals surface area contributed by atoms with Crippen molar-refractivity contribution in [3.05, 3.63) is 54.4 Å². The van der Waals surface area contributed by atoms with Crippen LogP contribution in [0, 0.1) is 6.92 Å². The SMILES string of the molecule is Cc1cc(Nc2nc(Sc3ccc(NC(=O)CN4C[C@H](OCCO)[C@@H](OC(C)(C)C)C4)cc3)nn3cccc23)n[nH]1. The molecule has 1 saturated heterocycles. The summed E-state index contributed by atoms with van der Waals surface area (Å²) in [5.41, 5.74) is 2.16. The van der Waals surface area contributed by atoms with Crippen LogP contribution in [-0.4, -0.2) is 91.4 Å². The number of aliphatic hydroxyl groups is 1. The van der Waals surface area contributed by atoms with Crippen molar-refractivity contribution in [1.82, 2.24) is 29.7 Å². The van der Waals surface area contributed by atoms with Crippen LogP contribution in [0.2, 0.25) is 0 Å². The van der Waals surface area contributed by atoms with Crippen LogP contribution in [0.3, 0.4) is 0 Å². The predicted molar refractivity (Wildman–Crippen MR) is 157 cm³/mol. The Labute approximate surface area is 242 Å². The number of fused-ring (bicyclic) bond motifs is 1. The Kier molecular flexibility index (Phi) is 8.90. The first-order valence-corrected chi connectivity index (χ1v) is 14.3. The minimum atomic E-state index is -0.334. The first kappa shape index (κ1) is 29.0. The average Bonchev–Trinajstić information content (AvgIpc) is 3.63. The van der Waals surface area contributed by atoms with Crippen LogP contribution >= 0.6 is 11.8 Å². The second-order valence-corrected chi connectivity index (χ2v) is 12.0. The Balaban J connectivity index is 1.18. The number of hydrogen-bond acceptors (Lipinski definition) is 10. The van der Waals surface area contributed by atoms with E-state index in [0.29, 0.717) is 35.6 Å². The summed E-state index contributed by atoms with van der Waals surface area (Å²) in [4.78, 5) is 20.5. The number of carbonyl (C=O) groups excluding carboxylic acids is 1. The second kappa shape index (κ2) is 12.6. The highest BCUT2D eigenvalue weighted by atomic mass is 32.2. The van der Waals surface area contributed by atoms with Gasteiger partial charge in [0, 0.05) is 41.6 Å². The molecule has 4 N–H and O–H groups in total. The van der Waals surface area contributed by atoms with Crippen LogP contribution in [0.15, 0.2) is 58.7 Å². The van der Waals surface area contributed by atoms with Crippen LogP contribution in [0.4, 0.5) is 17.3 Å². The van der Waals surface area contributed by atoms with Gasteiger partial charge in [-0.15, -0.1) is 5.10 Å². The normalized spacial score (nSPS) is 17.8. The van der Waals surface area contributed by atoms with Crippen molar-refractivity contribution in [2.45, 2.75) is 55.6 Å². The van der Waals surface area contributed by atoms with Crippen molar-refractivity contribution in [3.8, 4) is 0 Å². The van der Waals surface area contributed by atoms with Crippen LogP contribution in [0.25, 0.3) is 5.52 Å². The average molecular weight is 581 g/mol. The predicted octanol–water partition coefficient (Wildman–Crippen LogP) is 3.47. The third kappa shape index (κ3) is 7.83. The molecule has 1 aromatic carbocycles. The summed E-state index contributed by atoms with van der Waals surface area (Å²) in [6, 6.07) is 13.3. The fourth-order valence-corrected chi connectivity index (χ4v) is 5.40. The number of aromatic amines is 1. The number of rotatable bonds is 11. The Morgan fingerprint density at radius 3 is 2.68 bits per heavy atom. The summed E-state index contributed by atoms with van der Waals surface area (Å²) in [5, 5.41) is 27.7. The number of anilines is 3. The quantitative estimate of drug-likeness (QED) is 0.208. The molecule has 0 aliphatic carbocycles. The molecule has 4 heterocycles. The zero-order chi connectivity index (χ0) is 29.0. The highest BCUT2D eigenvalue weighted by Crippen LogP contribution is 2.29.